The molecular weight excluding hydrogens is 973 g/mol. The molecule has 6 heteroatoms. The first-order chi connectivity index (χ1) is 39.0. The van der Waals surface area contributed by atoms with Gasteiger partial charge in [-0.15, -0.1) is 0 Å². The summed E-state index contributed by atoms with van der Waals surface area (Å²) in [6, 6.07) is 0. The molecule has 0 saturated carbocycles. The van der Waals surface area contributed by atoms with Crippen LogP contribution in [0.3, 0.4) is 0 Å². The Morgan fingerprint density at radius 2 is 0.506 bits per heavy atom. The molecule has 0 heterocycles. The third-order valence-electron chi connectivity index (χ3n) is 15.5. The summed E-state index contributed by atoms with van der Waals surface area (Å²) in [5, 5.41) is 0. The van der Waals surface area contributed by atoms with E-state index in [0.717, 1.165) is 116 Å². The minimum atomic E-state index is -0.789. The zero-order valence-electron chi connectivity index (χ0n) is 52.9. The maximum Gasteiger partial charge on any atom is 0.306 e. The first-order valence-corrected chi connectivity index (χ1v) is 34.8. The summed E-state index contributed by atoms with van der Waals surface area (Å²) >= 11 is 0. The summed E-state index contributed by atoms with van der Waals surface area (Å²) in [4.78, 5) is 38.3. The molecule has 0 fully saturated rings. The lowest BCUT2D eigenvalue weighted by Crippen LogP contribution is -2.30. The van der Waals surface area contributed by atoms with Crippen molar-refractivity contribution in [2.75, 3.05) is 13.2 Å². The van der Waals surface area contributed by atoms with E-state index >= 15 is 0 Å². The Kier molecular flexibility index (Phi) is 65.1. The number of hydrogen-bond acceptors (Lipinski definition) is 6. The molecule has 0 aromatic heterocycles. The smallest absolute Gasteiger partial charge is 0.306 e. The molecular formula is C73H132O6. The lowest BCUT2D eigenvalue weighted by molar-refractivity contribution is -0.167. The normalized spacial score (nSPS) is 12.4. The van der Waals surface area contributed by atoms with Crippen LogP contribution in [0.15, 0.2) is 60.8 Å². The van der Waals surface area contributed by atoms with Crippen LogP contribution in [-0.2, 0) is 28.6 Å². The van der Waals surface area contributed by atoms with Crippen molar-refractivity contribution >= 4 is 17.9 Å². The molecule has 6 nitrogen and oxygen atoms in total. The topological polar surface area (TPSA) is 78.9 Å². The number of hydrogen-bond donors (Lipinski definition) is 0. The largest absolute Gasteiger partial charge is 0.462 e. The molecule has 0 amide bonds. The van der Waals surface area contributed by atoms with E-state index in [9.17, 15) is 14.4 Å². The SMILES string of the molecule is CC/C=C\C/C=C\C/C=C\CCCCCCCC(=O)OC(COC(=O)CCCCCCC/C=C\C/C=C\CCCC)COC(=O)CCCCCCCCCCCCCCCCCCCCCCCCCCCCCCCCCC. The standard InChI is InChI=1S/C73H132O6/c1-4-7-10-13-16-19-22-25-28-29-30-31-32-33-34-35-36-37-38-39-40-41-42-43-44-46-48-51-54-57-60-63-66-72(75)78-69-70(68-77-71(74)65-62-59-56-53-50-47-27-24-21-18-15-12-9-6-3)79-73(76)67-64-61-58-55-52-49-45-26-23-20-17-14-11-8-5-2/h8,11,15,17-18,20,24,26-27,45,70H,4-7,9-10,12-14,16,19,21-23,25,28-44,46-69H2,1-3H3/b11-8-,18-15-,20-17-,27-24-,45-26-. The predicted octanol–water partition coefficient (Wildman–Crippen LogP) is 23.9. The van der Waals surface area contributed by atoms with E-state index in [1.807, 2.05) is 0 Å². The van der Waals surface area contributed by atoms with Gasteiger partial charge in [-0.05, 0) is 77.0 Å². The zero-order valence-corrected chi connectivity index (χ0v) is 52.9. The maximum atomic E-state index is 12.9. The summed E-state index contributed by atoms with van der Waals surface area (Å²) in [6.45, 7) is 6.51. The second-order valence-corrected chi connectivity index (χ2v) is 23.4. The molecule has 1 atom stereocenters. The van der Waals surface area contributed by atoms with E-state index in [4.69, 9.17) is 14.2 Å². The lowest BCUT2D eigenvalue weighted by atomic mass is 10.0. The fourth-order valence-corrected chi connectivity index (χ4v) is 10.3. The van der Waals surface area contributed by atoms with Crippen LogP contribution in [0.1, 0.15) is 367 Å². The predicted molar refractivity (Wildman–Crippen MR) is 344 cm³/mol. The third kappa shape index (κ3) is 65.8. The van der Waals surface area contributed by atoms with E-state index in [0.29, 0.717) is 19.3 Å². The number of carbonyl (C=O) groups is 3. The van der Waals surface area contributed by atoms with Crippen molar-refractivity contribution in [2.24, 2.45) is 0 Å². The lowest BCUT2D eigenvalue weighted by Gasteiger charge is -2.18. The van der Waals surface area contributed by atoms with Gasteiger partial charge in [0.05, 0.1) is 0 Å². The van der Waals surface area contributed by atoms with Crippen LogP contribution < -0.4 is 0 Å². The van der Waals surface area contributed by atoms with Gasteiger partial charge in [-0.2, -0.15) is 0 Å². The average Bonchev–Trinajstić information content (AvgIpc) is 3.45. The van der Waals surface area contributed by atoms with Crippen molar-refractivity contribution in [2.45, 2.75) is 374 Å². The van der Waals surface area contributed by atoms with E-state index in [2.05, 4.69) is 81.5 Å². The highest BCUT2D eigenvalue weighted by Crippen LogP contribution is 2.18. The number of unbranched alkanes of at least 4 members (excludes halogenated alkanes) is 43. The molecule has 0 rings (SSSR count). The Bertz CT molecular complexity index is 1410. The number of rotatable bonds is 64. The Morgan fingerprint density at radius 1 is 0.266 bits per heavy atom. The molecule has 79 heavy (non-hydrogen) atoms. The van der Waals surface area contributed by atoms with Gasteiger partial charge in [-0.25, -0.2) is 0 Å². The van der Waals surface area contributed by atoms with Crippen molar-refractivity contribution in [1.29, 1.82) is 0 Å². The Balaban J connectivity index is 4.13. The molecule has 0 aromatic carbocycles. The second-order valence-electron chi connectivity index (χ2n) is 23.4. The van der Waals surface area contributed by atoms with E-state index in [-0.39, 0.29) is 31.1 Å². The van der Waals surface area contributed by atoms with Crippen molar-refractivity contribution in [1.82, 2.24) is 0 Å². The zero-order chi connectivity index (χ0) is 57.1. The van der Waals surface area contributed by atoms with E-state index in [1.54, 1.807) is 0 Å². The Labute approximate surface area is 491 Å². The molecule has 0 radical (unpaired) electrons. The summed E-state index contributed by atoms with van der Waals surface area (Å²) < 4.78 is 16.9. The molecule has 0 aliphatic heterocycles. The first-order valence-electron chi connectivity index (χ1n) is 34.8. The minimum Gasteiger partial charge on any atom is -0.462 e. The number of carbonyl (C=O) groups excluding carboxylic acids is 3. The van der Waals surface area contributed by atoms with Crippen molar-refractivity contribution in [3.63, 3.8) is 0 Å². The van der Waals surface area contributed by atoms with Gasteiger partial charge in [-0.1, -0.05) is 332 Å². The second kappa shape index (κ2) is 67.6. The molecule has 460 valence electrons. The van der Waals surface area contributed by atoms with Gasteiger partial charge in [0.1, 0.15) is 13.2 Å². The van der Waals surface area contributed by atoms with Crippen LogP contribution in [0.25, 0.3) is 0 Å². The van der Waals surface area contributed by atoms with Gasteiger partial charge < -0.3 is 14.2 Å². The number of esters is 3. The summed E-state index contributed by atoms with van der Waals surface area (Å²) in [6.07, 6.45) is 87.0. The number of allylic oxidation sites excluding steroid dienone is 10. The third-order valence-corrected chi connectivity index (χ3v) is 15.5. The minimum absolute atomic E-state index is 0.0830. The highest BCUT2D eigenvalue weighted by atomic mass is 16.6. The highest BCUT2D eigenvalue weighted by molar-refractivity contribution is 5.71. The maximum absolute atomic E-state index is 12.9. The Morgan fingerprint density at radius 3 is 0.810 bits per heavy atom. The summed E-state index contributed by atoms with van der Waals surface area (Å²) in [7, 11) is 0. The fraction of sp³-hybridized carbons (Fsp3) is 0.822. The van der Waals surface area contributed by atoms with Crippen LogP contribution >= 0.6 is 0 Å². The van der Waals surface area contributed by atoms with Gasteiger partial charge in [-0.3, -0.25) is 14.4 Å². The van der Waals surface area contributed by atoms with Crippen LogP contribution in [0.5, 0.6) is 0 Å². The van der Waals surface area contributed by atoms with Gasteiger partial charge >= 0.3 is 17.9 Å². The van der Waals surface area contributed by atoms with Gasteiger partial charge in [0.15, 0.2) is 6.10 Å². The molecule has 0 N–H and O–H groups in total. The fourth-order valence-electron chi connectivity index (χ4n) is 10.3. The average molecular weight is 1110 g/mol. The van der Waals surface area contributed by atoms with Crippen LogP contribution in [-0.4, -0.2) is 37.2 Å². The molecule has 0 aliphatic rings. The van der Waals surface area contributed by atoms with Crippen LogP contribution in [0.2, 0.25) is 0 Å². The molecule has 0 bridgehead atoms. The molecule has 0 aromatic rings. The van der Waals surface area contributed by atoms with Gasteiger partial charge in [0.25, 0.3) is 0 Å². The molecule has 0 spiro atoms. The molecule has 0 aliphatic carbocycles. The first kappa shape index (κ1) is 76.1. The van der Waals surface area contributed by atoms with Crippen molar-refractivity contribution in [3.8, 4) is 0 Å². The Hall–Kier alpha value is -2.89. The van der Waals surface area contributed by atoms with Crippen LogP contribution in [0.4, 0.5) is 0 Å². The summed E-state index contributed by atoms with van der Waals surface area (Å²) in [5.74, 6) is -0.897. The number of ether oxygens (including phenoxy) is 3. The van der Waals surface area contributed by atoms with Gasteiger partial charge in [0, 0.05) is 19.3 Å². The van der Waals surface area contributed by atoms with E-state index < -0.39 is 6.10 Å². The van der Waals surface area contributed by atoms with Crippen LogP contribution in [0, 0.1) is 0 Å². The highest BCUT2D eigenvalue weighted by Gasteiger charge is 2.19. The monoisotopic (exact) mass is 1110 g/mol. The van der Waals surface area contributed by atoms with Crippen molar-refractivity contribution < 1.29 is 28.6 Å². The molecule has 1 unspecified atom stereocenters. The summed E-state index contributed by atoms with van der Waals surface area (Å²) in [5.41, 5.74) is 0. The van der Waals surface area contributed by atoms with Gasteiger partial charge in [0.2, 0.25) is 0 Å². The van der Waals surface area contributed by atoms with Crippen molar-refractivity contribution in [3.05, 3.63) is 60.8 Å². The molecule has 0 saturated heterocycles. The van der Waals surface area contributed by atoms with E-state index in [1.165, 1.54) is 212 Å². The quantitative estimate of drug-likeness (QED) is 0.0261.